The van der Waals surface area contributed by atoms with Crippen LogP contribution < -0.4 is 5.73 Å². The third-order valence-electron chi connectivity index (χ3n) is 5.54. The number of nitrogens with two attached hydrogens (primary N) is 1. The van der Waals surface area contributed by atoms with E-state index in [1.807, 2.05) is 0 Å². The Hall–Kier alpha value is -1.40. The molecule has 0 aliphatic carbocycles. The first-order chi connectivity index (χ1) is 14.3. The van der Waals surface area contributed by atoms with E-state index in [1.54, 1.807) is 13.8 Å². The fourth-order valence-electron chi connectivity index (χ4n) is 3.67. The first-order valence-corrected chi connectivity index (χ1v) is 11.8. The molecule has 0 aliphatic rings. The third-order valence-corrected chi connectivity index (χ3v) is 5.54. The number of aliphatic hydroxyl groups excluding tert-OH is 1. The van der Waals surface area contributed by atoms with Crippen LogP contribution in [0.1, 0.15) is 104 Å². The number of esters is 1. The second-order valence-electron chi connectivity index (χ2n) is 8.22. The number of rotatable bonds is 20. The lowest BCUT2D eigenvalue weighted by Crippen LogP contribution is -2.57. The normalized spacial score (nSPS) is 15.2. The zero-order valence-electron chi connectivity index (χ0n) is 19.5. The minimum Gasteiger partial charge on any atom is -0.456 e. The van der Waals surface area contributed by atoms with Crippen molar-refractivity contribution < 1.29 is 24.2 Å². The van der Waals surface area contributed by atoms with Gasteiger partial charge in [0.1, 0.15) is 6.10 Å². The Morgan fingerprint density at radius 3 is 1.90 bits per heavy atom. The predicted molar refractivity (Wildman–Crippen MR) is 121 cm³/mol. The zero-order valence-corrected chi connectivity index (χ0v) is 19.5. The molecule has 0 rings (SSSR count). The van der Waals surface area contributed by atoms with Crippen LogP contribution in [0.25, 0.3) is 0 Å². The molecule has 3 atom stereocenters. The van der Waals surface area contributed by atoms with Gasteiger partial charge in [0.05, 0.1) is 12.7 Å². The number of carbonyl (C=O) groups is 2. The third kappa shape index (κ3) is 11.7. The average Bonchev–Trinajstić information content (AvgIpc) is 2.71. The van der Waals surface area contributed by atoms with Crippen LogP contribution in [0.15, 0.2) is 12.7 Å². The average molecular weight is 428 g/mol. The maximum Gasteiger partial charge on any atom is 0.330 e. The summed E-state index contributed by atoms with van der Waals surface area (Å²) in [6.45, 7) is 8.94. The van der Waals surface area contributed by atoms with E-state index in [4.69, 9.17) is 15.2 Å². The van der Waals surface area contributed by atoms with Crippen molar-refractivity contribution in [2.45, 2.75) is 122 Å². The molecule has 0 heterocycles. The number of primary amides is 1. The largest absolute Gasteiger partial charge is 0.456 e. The van der Waals surface area contributed by atoms with Crippen LogP contribution in [0, 0.1) is 0 Å². The Kier molecular flexibility index (Phi) is 16.5. The van der Waals surface area contributed by atoms with Crippen molar-refractivity contribution in [3.63, 3.8) is 0 Å². The van der Waals surface area contributed by atoms with E-state index in [1.165, 1.54) is 51.4 Å². The van der Waals surface area contributed by atoms with Gasteiger partial charge < -0.3 is 20.3 Å². The molecular weight excluding hydrogens is 382 g/mol. The van der Waals surface area contributed by atoms with Crippen LogP contribution in [0.4, 0.5) is 0 Å². The Morgan fingerprint density at radius 2 is 1.50 bits per heavy atom. The molecule has 6 nitrogen and oxygen atoms in total. The lowest BCUT2D eigenvalue weighted by atomic mass is 9.88. The van der Waals surface area contributed by atoms with Crippen molar-refractivity contribution in [3.8, 4) is 0 Å². The zero-order chi connectivity index (χ0) is 22.8. The van der Waals surface area contributed by atoms with Gasteiger partial charge in [-0.1, -0.05) is 84.6 Å². The molecule has 3 N–H and O–H groups in total. The van der Waals surface area contributed by atoms with Crippen LogP contribution in [0.3, 0.4) is 0 Å². The summed E-state index contributed by atoms with van der Waals surface area (Å²) in [4.78, 5) is 24.1. The van der Waals surface area contributed by atoms with Crippen molar-refractivity contribution in [1.29, 1.82) is 0 Å². The molecule has 6 heteroatoms. The summed E-state index contributed by atoms with van der Waals surface area (Å²) >= 11 is 0. The fourth-order valence-corrected chi connectivity index (χ4v) is 3.67. The summed E-state index contributed by atoms with van der Waals surface area (Å²) in [6.07, 6.45) is 13.5. The number of unbranched alkanes of at least 4 members (excludes halogenated alkanes) is 10. The van der Waals surface area contributed by atoms with Gasteiger partial charge in [-0.3, -0.25) is 4.79 Å². The number of hydrogen-bond acceptors (Lipinski definition) is 5. The van der Waals surface area contributed by atoms with E-state index in [0.717, 1.165) is 25.3 Å². The second kappa shape index (κ2) is 17.3. The molecule has 30 heavy (non-hydrogen) atoms. The topological polar surface area (TPSA) is 98.8 Å². The standard InChI is InChI=1S/C24H45NO5/c1-5-8-9-10-11-12-13-14-15-16-17-18-21(30-22(27)6-2)24(7-3,23(25)28)29-19-20(4)26/h6,20-21,26H,2,5,7-19H2,1,3-4H3,(H2,25,28). The summed E-state index contributed by atoms with van der Waals surface area (Å²) in [6, 6.07) is 0. The quantitative estimate of drug-likeness (QED) is 0.165. The van der Waals surface area contributed by atoms with E-state index in [9.17, 15) is 14.7 Å². The van der Waals surface area contributed by atoms with Crippen molar-refractivity contribution in [2.75, 3.05) is 6.61 Å². The number of ether oxygens (including phenoxy) is 2. The summed E-state index contributed by atoms with van der Waals surface area (Å²) in [7, 11) is 0. The molecule has 0 aromatic rings. The molecule has 0 aromatic heterocycles. The van der Waals surface area contributed by atoms with Crippen molar-refractivity contribution >= 4 is 11.9 Å². The number of hydrogen-bond donors (Lipinski definition) is 2. The van der Waals surface area contributed by atoms with Gasteiger partial charge in [0, 0.05) is 6.08 Å². The molecule has 0 saturated heterocycles. The Labute approximate surface area is 183 Å². The fraction of sp³-hybridized carbons (Fsp3) is 0.833. The summed E-state index contributed by atoms with van der Waals surface area (Å²) in [5, 5.41) is 9.58. The van der Waals surface area contributed by atoms with Gasteiger partial charge in [-0.2, -0.15) is 0 Å². The van der Waals surface area contributed by atoms with Crippen molar-refractivity contribution in [1.82, 2.24) is 0 Å². The summed E-state index contributed by atoms with van der Waals surface area (Å²) in [5.41, 5.74) is 4.20. The number of carbonyl (C=O) groups excluding carboxylic acids is 2. The van der Waals surface area contributed by atoms with Crippen LogP contribution in [0.2, 0.25) is 0 Å². The van der Waals surface area contributed by atoms with E-state index in [-0.39, 0.29) is 13.0 Å². The molecule has 0 bridgehead atoms. The van der Waals surface area contributed by atoms with E-state index in [0.29, 0.717) is 6.42 Å². The number of amides is 1. The maximum atomic E-state index is 12.3. The molecule has 0 fully saturated rings. The first-order valence-electron chi connectivity index (χ1n) is 11.8. The van der Waals surface area contributed by atoms with Gasteiger partial charge in [-0.15, -0.1) is 0 Å². The van der Waals surface area contributed by atoms with Crippen LogP contribution in [0.5, 0.6) is 0 Å². The summed E-state index contributed by atoms with van der Waals surface area (Å²) in [5.74, 6) is -1.29. The highest BCUT2D eigenvalue weighted by atomic mass is 16.6. The van der Waals surface area contributed by atoms with Gasteiger partial charge >= 0.3 is 5.97 Å². The predicted octanol–water partition coefficient (Wildman–Crippen LogP) is 4.82. The molecule has 1 amide bonds. The van der Waals surface area contributed by atoms with E-state index in [2.05, 4.69) is 13.5 Å². The molecule has 0 saturated carbocycles. The molecule has 176 valence electrons. The van der Waals surface area contributed by atoms with Crippen LogP contribution in [-0.4, -0.2) is 41.4 Å². The Balaban J connectivity index is 4.58. The van der Waals surface area contributed by atoms with Gasteiger partial charge in [-0.05, 0) is 26.2 Å². The van der Waals surface area contributed by atoms with E-state index < -0.39 is 29.7 Å². The Bertz CT molecular complexity index is 480. The van der Waals surface area contributed by atoms with Crippen LogP contribution >= 0.6 is 0 Å². The minimum absolute atomic E-state index is 0.0584. The van der Waals surface area contributed by atoms with Gasteiger partial charge in [-0.25, -0.2) is 4.79 Å². The molecule has 0 spiro atoms. The van der Waals surface area contributed by atoms with Crippen LogP contribution in [-0.2, 0) is 19.1 Å². The smallest absolute Gasteiger partial charge is 0.330 e. The van der Waals surface area contributed by atoms with Gasteiger partial charge in [0.2, 0.25) is 0 Å². The number of aliphatic hydroxyl groups is 1. The molecule has 0 aromatic carbocycles. The second-order valence-corrected chi connectivity index (χ2v) is 8.22. The molecule has 3 unspecified atom stereocenters. The lowest BCUT2D eigenvalue weighted by molar-refractivity contribution is -0.184. The highest BCUT2D eigenvalue weighted by Gasteiger charge is 2.46. The minimum atomic E-state index is -1.45. The molecular formula is C24H45NO5. The lowest BCUT2D eigenvalue weighted by Gasteiger charge is -2.37. The SMILES string of the molecule is C=CC(=O)OC(CCCCCCCCCCCCC)C(CC)(OCC(C)O)C(N)=O. The van der Waals surface area contributed by atoms with E-state index >= 15 is 0 Å². The monoisotopic (exact) mass is 427 g/mol. The van der Waals surface area contributed by atoms with Crippen molar-refractivity contribution in [3.05, 3.63) is 12.7 Å². The first kappa shape index (κ1) is 28.6. The van der Waals surface area contributed by atoms with Gasteiger partial charge in [0.25, 0.3) is 5.91 Å². The van der Waals surface area contributed by atoms with Crippen molar-refractivity contribution in [2.24, 2.45) is 5.73 Å². The highest BCUT2D eigenvalue weighted by Crippen LogP contribution is 2.28. The Morgan fingerprint density at radius 1 is 1.00 bits per heavy atom. The summed E-state index contributed by atoms with van der Waals surface area (Å²) < 4.78 is 11.2. The molecule has 0 aliphatic heterocycles. The maximum absolute atomic E-state index is 12.3. The molecule has 0 radical (unpaired) electrons. The highest BCUT2D eigenvalue weighted by molar-refractivity contribution is 5.86. The van der Waals surface area contributed by atoms with Gasteiger partial charge in [0.15, 0.2) is 5.60 Å².